The number of aromatic amines is 1. The fourth-order valence-electron chi connectivity index (χ4n) is 5.18. The number of nitrogens with zero attached hydrogens (tertiary/aromatic N) is 3. The quantitative estimate of drug-likeness (QED) is 0.218. The first-order valence-corrected chi connectivity index (χ1v) is 15.4. The summed E-state index contributed by atoms with van der Waals surface area (Å²) >= 11 is 0. The number of nitrogens with one attached hydrogen (secondary N) is 2. The molecule has 0 bridgehead atoms. The predicted octanol–water partition coefficient (Wildman–Crippen LogP) is 6.11. The van der Waals surface area contributed by atoms with Crippen molar-refractivity contribution in [3.05, 3.63) is 90.3 Å². The normalized spacial score (nSPS) is 11.7. The third kappa shape index (κ3) is 5.23. The van der Waals surface area contributed by atoms with E-state index in [0.29, 0.717) is 33.7 Å². The average molecular weight is 598 g/mol. The number of anilines is 1. The molecule has 0 spiro atoms. The molecule has 0 aliphatic carbocycles. The fraction of sp³-hybridized carbons (Fsp3) is 0.156. The van der Waals surface area contributed by atoms with Gasteiger partial charge >= 0.3 is 0 Å². The molecule has 0 fully saturated rings. The van der Waals surface area contributed by atoms with Gasteiger partial charge in [-0.15, -0.1) is 0 Å². The van der Waals surface area contributed by atoms with Crippen molar-refractivity contribution in [2.24, 2.45) is 0 Å². The minimum Gasteiger partial charge on any atom is -0.455 e. The number of H-pyrrole nitrogens is 1. The van der Waals surface area contributed by atoms with Crippen molar-refractivity contribution in [1.29, 1.82) is 0 Å². The second-order valence-corrected chi connectivity index (χ2v) is 12.1. The number of aromatic nitrogens is 3. The number of halogens is 1. The number of para-hydroxylation sites is 1. The number of fused-ring (bicyclic) bond motifs is 2. The molecule has 6 aromatic rings. The van der Waals surface area contributed by atoms with E-state index < -0.39 is 23.2 Å². The van der Waals surface area contributed by atoms with Crippen molar-refractivity contribution in [1.82, 2.24) is 20.3 Å². The Morgan fingerprint density at radius 3 is 2.49 bits per heavy atom. The lowest BCUT2D eigenvalue weighted by molar-refractivity contribution is 0.0964. The maximum atomic E-state index is 13.8. The second kappa shape index (κ2) is 11.0. The zero-order valence-electron chi connectivity index (χ0n) is 23.7. The molecule has 43 heavy (non-hydrogen) atoms. The van der Waals surface area contributed by atoms with Crippen LogP contribution >= 0.6 is 0 Å². The average Bonchev–Trinajstić information content (AvgIpc) is 3.60. The minimum atomic E-state index is -3.92. The summed E-state index contributed by atoms with van der Waals surface area (Å²) in [7, 11) is -2.40. The molecular weight excluding hydrogens is 569 g/mol. The summed E-state index contributed by atoms with van der Waals surface area (Å²) in [6.07, 6.45) is 4.12. The lowest BCUT2D eigenvalue weighted by Crippen LogP contribution is -2.32. The van der Waals surface area contributed by atoms with E-state index in [-0.39, 0.29) is 22.7 Å². The molecule has 6 rings (SSSR count). The first-order chi connectivity index (χ1) is 20.7. The monoisotopic (exact) mass is 597 g/mol. The van der Waals surface area contributed by atoms with Crippen LogP contribution in [0.15, 0.2) is 83.5 Å². The lowest BCUT2D eigenvalue weighted by Gasteiger charge is -2.23. The van der Waals surface area contributed by atoms with Crippen molar-refractivity contribution in [2.75, 3.05) is 30.8 Å². The molecule has 9 nitrogen and oxygen atoms in total. The number of benzene rings is 3. The van der Waals surface area contributed by atoms with Crippen LogP contribution in [-0.2, 0) is 10.0 Å². The zero-order valence-corrected chi connectivity index (χ0v) is 24.5. The summed E-state index contributed by atoms with van der Waals surface area (Å²) in [6, 6.07) is 20.4. The molecule has 3 heterocycles. The van der Waals surface area contributed by atoms with Crippen LogP contribution in [0, 0.1) is 6.92 Å². The molecule has 3 aromatic heterocycles. The van der Waals surface area contributed by atoms with Gasteiger partial charge < -0.3 is 14.7 Å². The smallest absolute Gasteiger partial charge is 0.255 e. The van der Waals surface area contributed by atoms with Crippen molar-refractivity contribution < 1.29 is 22.0 Å². The molecule has 0 unspecified atom stereocenters. The number of rotatable bonds is 8. The Morgan fingerprint density at radius 2 is 1.79 bits per heavy atom. The number of aryl methyl sites for hydroxylation is 1. The van der Waals surface area contributed by atoms with Crippen LogP contribution in [0.2, 0.25) is 0 Å². The summed E-state index contributed by atoms with van der Waals surface area (Å²) in [5, 5.41) is 4.12. The van der Waals surface area contributed by atoms with Crippen LogP contribution in [0.1, 0.15) is 15.9 Å². The van der Waals surface area contributed by atoms with E-state index in [1.54, 1.807) is 12.3 Å². The molecule has 0 atom stereocenters. The minimum absolute atomic E-state index is 0.156. The third-order valence-corrected chi connectivity index (χ3v) is 8.43. The van der Waals surface area contributed by atoms with Gasteiger partial charge in [0.15, 0.2) is 0 Å². The van der Waals surface area contributed by atoms with Gasteiger partial charge in [0.2, 0.25) is 10.0 Å². The topological polar surface area (TPSA) is 121 Å². The number of amides is 1. The number of furan rings is 1. The van der Waals surface area contributed by atoms with Crippen LogP contribution in [0.3, 0.4) is 0 Å². The zero-order chi connectivity index (χ0) is 30.3. The molecule has 0 aliphatic rings. The van der Waals surface area contributed by atoms with Crippen LogP contribution in [0.25, 0.3) is 55.8 Å². The fourth-order valence-corrected chi connectivity index (χ4v) is 6.09. The summed E-state index contributed by atoms with van der Waals surface area (Å²) in [4.78, 5) is 25.8. The number of hydrogen-bond donors (Lipinski definition) is 2. The number of carbonyl (C=O) groups is 1. The molecule has 0 saturated heterocycles. The molecule has 0 saturated carbocycles. The van der Waals surface area contributed by atoms with E-state index in [4.69, 9.17) is 9.40 Å². The van der Waals surface area contributed by atoms with Crippen LogP contribution in [0.5, 0.6) is 0 Å². The Labute approximate surface area is 247 Å². The summed E-state index contributed by atoms with van der Waals surface area (Å²) in [5.41, 5.74) is 5.26. The molecule has 3 aromatic carbocycles. The SMILES string of the molecule is CNC(=O)c1c(-c2ccc(C)cc2)oc2cc(N(CCF)S(C)(=O)=O)c(-c3cncc(-c4cc5ccccc5[nH]4)n3)cc12. The second-order valence-electron chi connectivity index (χ2n) is 10.2. The van der Waals surface area contributed by atoms with Gasteiger partial charge in [0.25, 0.3) is 5.91 Å². The Hall–Kier alpha value is -5.03. The standard InChI is InChI=1S/C32H28FN5O4S/c1-19-8-10-20(11-9-19)31-30(32(39)34-2)23-15-22(28(16-29(23)42-31)38(13-12-33)43(3,40)41)26-17-35-18-27(37-26)25-14-21-6-4-5-7-24(21)36-25/h4-11,14-18,36H,12-13H2,1-3H3,(H,34,39). The molecule has 0 radical (unpaired) electrons. The first kappa shape index (κ1) is 28.1. The highest BCUT2D eigenvalue weighted by Crippen LogP contribution is 2.41. The third-order valence-electron chi connectivity index (χ3n) is 7.25. The van der Waals surface area contributed by atoms with E-state index in [9.17, 15) is 17.6 Å². The maximum Gasteiger partial charge on any atom is 0.255 e. The van der Waals surface area contributed by atoms with E-state index in [0.717, 1.165) is 32.7 Å². The molecule has 218 valence electrons. The molecular formula is C32H28FN5O4S. The Bertz CT molecular complexity index is 2070. The van der Waals surface area contributed by atoms with Gasteiger partial charge in [0, 0.05) is 40.5 Å². The lowest BCUT2D eigenvalue weighted by atomic mass is 10.0. The highest BCUT2D eigenvalue weighted by Gasteiger charge is 2.28. The van der Waals surface area contributed by atoms with Crippen molar-refractivity contribution in [3.8, 4) is 34.0 Å². The Morgan fingerprint density at radius 1 is 1.05 bits per heavy atom. The first-order valence-electron chi connectivity index (χ1n) is 13.5. The van der Waals surface area contributed by atoms with Crippen LogP contribution in [-0.4, -0.2) is 55.8 Å². The number of hydrogen-bond acceptors (Lipinski definition) is 6. The highest BCUT2D eigenvalue weighted by atomic mass is 32.2. The van der Waals surface area contributed by atoms with E-state index >= 15 is 0 Å². The van der Waals surface area contributed by atoms with E-state index in [2.05, 4.69) is 15.3 Å². The van der Waals surface area contributed by atoms with Crippen molar-refractivity contribution in [2.45, 2.75) is 6.92 Å². The molecule has 1 amide bonds. The molecule has 2 N–H and O–H groups in total. The molecule has 0 aliphatic heterocycles. The summed E-state index contributed by atoms with van der Waals surface area (Å²) in [5.74, 6) is -0.0542. The van der Waals surface area contributed by atoms with E-state index in [1.807, 2.05) is 61.5 Å². The molecule has 11 heteroatoms. The number of alkyl halides is 1. The van der Waals surface area contributed by atoms with Gasteiger partial charge in [-0.1, -0.05) is 48.0 Å². The Balaban J connectivity index is 1.63. The van der Waals surface area contributed by atoms with Gasteiger partial charge in [0.1, 0.15) is 23.7 Å². The van der Waals surface area contributed by atoms with Crippen molar-refractivity contribution >= 4 is 43.5 Å². The maximum absolute atomic E-state index is 13.8. The van der Waals surface area contributed by atoms with Crippen LogP contribution in [0.4, 0.5) is 10.1 Å². The number of sulfonamides is 1. The predicted molar refractivity (Wildman–Crippen MR) is 166 cm³/mol. The Kier molecular flexibility index (Phi) is 7.18. The van der Waals surface area contributed by atoms with Gasteiger partial charge in [-0.05, 0) is 25.1 Å². The largest absolute Gasteiger partial charge is 0.455 e. The summed E-state index contributed by atoms with van der Waals surface area (Å²) in [6.45, 7) is 0.623. The highest BCUT2D eigenvalue weighted by molar-refractivity contribution is 7.92. The number of carbonyl (C=O) groups excluding carboxylic acids is 1. The van der Waals surface area contributed by atoms with Crippen LogP contribution < -0.4 is 9.62 Å². The summed E-state index contributed by atoms with van der Waals surface area (Å²) < 4.78 is 46.8. The van der Waals surface area contributed by atoms with Gasteiger partial charge in [-0.2, -0.15) is 0 Å². The van der Waals surface area contributed by atoms with Crippen molar-refractivity contribution in [3.63, 3.8) is 0 Å². The van der Waals surface area contributed by atoms with E-state index in [1.165, 1.54) is 19.3 Å². The van der Waals surface area contributed by atoms with Gasteiger partial charge in [-0.25, -0.2) is 17.8 Å². The van der Waals surface area contributed by atoms with Gasteiger partial charge in [0.05, 0.1) is 47.8 Å². The van der Waals surface area contributed by atoms with Gasteiger partial charge in [-0.3, -0.25) is 14.1 Å².